The van der Waals surface area contributed by atoms with Crippen molar-refractivity contribution in [3.8, 4) is 40.2 Å². The smallest absolute Gasteiger partial charge is 0.342 e. The van der Waals surface area contributed by atoms with Crippen LogP contribution in [0.25, 0.3) is 16.6 Å². The summed E-state index contributed by atoms with van der Waals surface area (Å²) in [5, 5.41) is 12.2. The quantitative estimate of drug-likeness (QED) is 0.0873. The number of aldehydes is 1. The van der Waals surface area contributed by atoms with Crippen molar-refractivity contribution in [1.82, 2.24) is 8.75 Å². The summed E-state index contributed by atoms with van der Waals surface area (Å²) in [6, 6.07) is 28.8. The van der Waals surface area contributed by atoms with Gasteiger partial charge in [0.15, 0.2) is 23.0 Å². The lowest BCUT2D eigenvalue weighted by Crippen LogP contribution is -2.29. The molecule has 1 atom stereocenters. The SMILES string of the molecule is COc1cc(C=O)cc(OC)c1OC.COc1cc(CC2=C(c3ccc4nsnc4c3)C(=O)OC2(O)c2ccc(OCc3ccccc3)cc2)cc(OC)c1OC. The molecule has 1 unspecified atom stereocenters. The summed E-state index contributed by atoms with van der Waals surface area (Å²) in [6.45, 7) is 0.393. The van der Waals surface area contributed by atoms with Gasteiger partial charge in [-0.05, 0) is 77.4 Å². The van der Waals surface area contributed by atoms with E-state index in [1.165, 1.54) is 42.7 Å². The number of nitrogens with zero attached hydrogens (tertiary/aromatic N) is 2. The Hall–Kier alpha value is -6.64. The van der Waals surface area contributed by atoms with Gasteiger partial charge in [-0.3, -0.25) is 4.79 Å². The molecule has 0 amide bonds. The Morgan fingerprint density at radius 3 is 1.82 bits per heavy atom. The first-order valence-electron chi connectivity index (χ1n) is 17.4. The molecule has 5 aromatic carbocycles. The van der Waals surface area contributed by atoms with Gasteiger partial charge in [0.1, 0.15) is 29.7 Å². The van der Waals surface area contributed by atoms with E-state index in [4.69, 9.17) is 37.9 Å². The minimum Gasteiger partial charge on any atom is -0.493 e. The van der Waals surface area contributed by atoms with Crippen molar-refractivity contribution in [2.45, 2.75) is 18.8 Å². The van der Waals surface area contributed by atoms with Crippen molar-refractivity contribution >= 4 is 40.6 Å². The molecule has 0 fully saturated rings. The number of ether oxygens (including phenoxy) is 8. The molecule has 0 spiro atoms. The Morgan fingerprint density at radius 2 is 1.26 bits per heavy atom. The first-order chi connectivity index (χ1) is 27.7. The average molecular weight is 793 g/mol. The molecule has 14 heteroatoms. The van der Waals surface area contributed by atoms with E-state index in [0.717, 1.165) is 23.6 Å². The highest BCUT2D eigenvalue weighted by atomic mass is 32.1. The molecule has 2 heterocycles. The molecule has 6 aromatic rings. The van der Waals surface area contributed by atoms with Gasteiger partial charge in [0.25, 0.3) is 5.79 Å². The van der Waals surface area contributed by atoms with Gasteiger partial charge in [-0.1, -0.05) is 36.4 Å². The number of esters is 1. The first-order valence-corrected chi connectivity index (χ1v) is 18.2. The number of benzene rings is 5. The topological polar surface area (TPSA) is 154 Å². The third-order valence-corrected chi connectivity index (χ3v) is 9.68. The second-order valence-corrected chi connectivity index (χ2v) is 13.0. The van der Waals surface area contributed by atoms with Crippen LogP contribution >= 0.6 is 11.7 Å². The van der Waals surface area contributed by atoms with E-state index >= 15 is 0 Å². The maximum absolute atomic E-state index is 13.5. The zero-order valence-electron chi connectivity index (χ0n) is 32.1. The summed E-state index contributed by atoms with van der Waals surface area (Å²) in [7, 11) is 9.12. The van der Waals surface area contributed by atoms with Gasteiger partial charge in [-0.15, -0.1) is 0 Å². The van der Waals surface area contributed by atoms with E-state index in [1.807, 2.05) is 30.3 Å². The Labute approximate surface area is 333 Å². The highest BCUT2D eigenvalue weighted by molar-refractivity contribution is 7.00. The van der Waals surface area contributed by atoms with E-state index in [9.17, 15) is 14.7 Å². The van der Waals surface area contributed by atoms with Crippen LogP contribution in [0.1, 0.15) is 32.6 Å². The number of aromatic nitrogens is 2. The number of hydrogen-bond acceptors (Lipinski definition) is 14. The lowest BCUT2D eigenvalue weighted by atomic mass is 9.88. The maximum atomic E-state index is 13.5. The average Bonchev–Trinajstić information content (AvgIpc) is 3.83. The van der Waals surface area contributed by atoms with Crippen molar-refractivity contribution in [3.63, 3.8) is 0 Å². The van der Waals surface area contributed by atoms with E-state index in [-0.39, 0.29) is 12.0 Å². The van der Waals surface area contributed by atoms with Crippen molar-refractivity contribution < 1.29 is 52.6 Å². The number of methoxy groups -OCH3 is 6. The number of rotatable bonds is 14. The van der Waals surface area contributed by atoms with E-state index < -0.39 is 11.8 Å². The predicted molar refractivity (Wildman–Crippen MR) is 213 cm³/mol. The Kier molecular flexibility index (Phi) is 12.6. The summed E-state index contributed by atoms with van der Waals surface area (Å²) < 4.78 is 52.1. The van der Waals surface area contributed by atoms with Gasteiger partial charge in [0, 0.05) is 23.1 Å². The number of fused-ring (bicyclic) bond motifs is 1. The molecule has 0 aliphatic carbocycles. The minimum atomic E-state index is -2.06. The van der Waals surface area contributed by atoms with Gasteiger partial charge >= 0.3 is 5.97 Å². The first kappa shape index (κ1) is 40.0. The molecule has 13 nitrogen and oxygen atoms in total. The Morgan fingerprint density at radius 1 is 0.684 bits per heavy atom. The highest BCUT2D eigenvalue weighted by Crippen LogP contribution is 2.47. The van der Waals surface area contributed by atoms with Crippen LogP contribution in [0.5, 0.6) is 40.2 Å². The summed E-state index contributed by atoms with van der Waals surface area (Å²) in [5.41, 5.74) is 5.12. The van der Waals surface area contributed by atoms with Crippen LogP contribution in [0, 0.1) is 0 Å². The zero-order chi connectivity index (χ0) is 40.5. The van der Waals surface area contributed by atoms with Crippen LogP contribution < -0.4 is 33.2 Å². The van der Waals surface area contributed by atoms with Gasteiger partial charge < -0.3 is 43.0 Å². The second kappa shape index (κ2) is 17.9. The summed E-state index contributed by atoms with van der Waals surface area (Å²) in [5.74, 6) is 0.674. The fraction of sp³-hybridized carbons (Fsp3) is 0.209. The van der Waals surface area contributed by atoms with Gasteiger partial charge in [0.05, 0.1) is 60.0 Å². The van der Waals surface area contributed by atoms with Crippen LogP contribution in [0.3, 0.4) is 0 Å². The van der Waals surface area contributed by atoms with Crippen LogP contribution in [0.4, 0.5) is 0 Å². The van der Waals surface area contributed by atoms with E-state index in [2.05, 4.69) is 8.75 Å². The lowest BCUT2D eigenvalue weighted by molar-refractivity contribution is -0.185. The molecular formula is C43H40N2O11S. The monoisotopic (exact) mass is 792 g/mol. The third-order valence-electron chi connectivity index (χ3n) is 9.12. The maximum Gasteiger partial charge on any atom is 0.342 e. The molecule has 0 saturated heterocycles. The summed E-state index contributed by atoms with van der Waals surface area (Å²) in [4.78, 5) is 24.1. The molecule has 1 aromatic heterocycles. The predicted octanol–water partition coefficient (Wildman–Crippen LogP) is 7.22. The summed E-state index contributed by atoms with van der Waals surface area (Å²) in [6.07, 6.45) is 0.860. The normalized spacial score (nSPS) is 14.6. The number of aliphatic hydroxyl groups is 1. The summed E-state index contributed by atoms with van der Waals surface area (Å²) >= 11 is 1.09. The molecule has 0 saturated carbocycles. The second-order valence-electron chi connectivity index (χ2n) is 12.4. The lowest BCUT2D eigenvalue weighted by Gasteiger charge is -2.26. The van der Waals surface area contributed by atoms with Gasteiger partial charge in [-0.25, -0.2) is 4.79 Å². The van der Waals surface area contributed by atoms with E-state index in [1.54, 1.807) is 66.7 Å². The van der Waals surface area contributed by atoms with Crippen molar-refractivity contribution in [1.29, 1.82) is 0 Å². The number of carbonyl (C=O) groups is 2. The molecule has 7 rings (SSSR count). The molecule has 1 N–H and O–H groups in total. The minimum absolute atomic E-state index is 0.133. The van der Waals surface area contributed by atoms with Crippen LogP contribution in [-0.4, -0.2) is 68.8 Å². The fourth-order valence-corrected chi connectivity index (χ4v) is 6.86. The number of cyclic esters (lactones) is 1. The zero-order valence-corrected chi connectivity index (χ0v) is 32.9. The van der Waals surface area contributed by atoms with Crippen LogP contribution in [-0.2, 0) is 28.3 Å². The Balaban J connectivity index is 0.000000333. The van der Waals surface area contributed by atoms with Gasteiger partial charge in [-0.2, -0.15) is 8.75 Å². The molecule has 1 aliphatic rings. The highest BCUT2D eigenvalue weighted by Gasteiger charge is 2.48. The van der Waals surface area contributed by atoms with Crippen molar-refractivity contribution in [2.24, 2.45) is 0 Å². The van der Waals surface area contributed by atoms with Crippen LogP contribution in [0.15, 0.2) is 103 Å². The molecule has 1 aliphatic heterocycles. The Bertz CT molecular complexity index is 2350. The van der Waals surface area contributed by atoms with Crippen molar-refractivity contribution in [2.75, 3.05) is 42.7 Å². The molecule has 0 bridgehead atoms. The molecular weight excluding hydrogens is 753 g/mol. The van der Waals surface area contributed by atoms with Crippen molar-refractivity contribution in [3.05, 3.63) is 130 Å². The number of carbonyl (C=O) groups excluding carboxylic acids is 2. The molecule has 57 heavy (non-hydrogen) atoms. The molecule has 294 valence electrons. The standard InChI is InChI=1S/C33H28N2O7S.C10H12O4/c1-38-28-16-21(17-29(39-2)31(28)40-3)15-25-30(22-9-14-26-27(18-22)35-43-34-26)32(36)42-33(25,37)23-10-12-24(13-11-23)41-19-20-7-5-4-6-8-20;1-12-8-4-7(6-11)5-9(13-2)10(8)14-3/h4-14,16-18,37H,15,19H2,1-3H3;4-6H,1-3H3. The van der Waals surface area contributed by atoms with Gasteiger partial charge in [0.2, 0.25) is 11.5 Å². The van der Waals surface area contributed by atoms with E-state index in [0.29, 0.717) is 85.7 Å². The largest absolute Gasteiger partial charge is 0.493 e. The third kappa shape index (κ3) is 8.47. The fourth-order valence-electron chi connectivity index (χ4n) is 6.34. The van der Waals surface area contributed by atoms with Crippen LogP contribution in [0.2, 0.25) is 0 Å². The number of hydrogen-bond donors (Lipinski definition) is 1. The molecule has 0 radical (unpaired) electrons.